The van der Waals surface area contributed by atoms with Crippen molar-refractivity contribution in [1.82, 2.24) is 30.6 Å². The molecule has 4 heterocycles. The maximum atomic E-state index is 13.0. The second kappa shape index (κ2) is 16.0. The molecule has 222 valence electrons. The summed E-state index contributed by atoms with van der Waals surface area (Å²) in [5.41, 5.74) is 5.76. The molecular weight excluding hydrogens is 711 g/mol. The highest BCUT2D eigenvalue weighted by atomic mass is 127. The number of aromatic nitrogens is 4. The minimum absolute atomic E-state index is 0.0189. The highest BCUT2D eigenvalue weighted by Crippen LogP contribution is 2.36. The molecule has 0 radical (unpaired) electrons. The summed E-state index contributed by atoms with van der Waals surface area (Å²) in [5.74, 6) is -0.457. The van der Waals surface area contributed by atoms with Gasteiger partial charge in [-0.2, -0.15) is 13.2 Å². The summed E-state index contributed by atoms with van der Waals surface area (Å²) in [6, 6.07) is 9.09. The molecule has 0 saturated carbocycles. The van der Waals surface area contributed by atoms with Gasteiger partial charge >= 0.3 is 6.18 Å². The number of hydrogen-bond donors (Lipinski definition) is 4. The van der Waals surface area contributed by atoms with Crippen molar-refractivity contribution < 1.29 is 22.8 Å². The molecule has 4 aromatic heterocycles. The zero-order valence-electron chi connectivity index (χ0n) is 22.2. The summed E-state index contributed by atoms with van der Waals surface area (Å²) in [4.78, 5) is 37.7. The quantitative estimate of drug-likeness (QED) is 0.149. The van der Waals surface area contributed by atoms with Gasteiger partial charge in [-0.25, -0.2) is 19.9 Å². The number of carbonyl (C=O) groups is 2. The van der Waals surface area contributed by atoms with Gasteiger partial charge in [0.1, 0.15) is 21.9 Å². The summed E-state index contributed by atoms with van der Waals surface area (Å²) >= 11 is 13.5. The average Bonchev–Trinajstić information content (AvgIpc) is 2.95. The van der Waals surface area contributed by atoms with Crippen LogP contribution in [0.15, 0.2) is 61.2 Å². The number of hydrogen-bond acceptors (Lipinski definition) is 8. The Labute approximate surface area is 262 Å². The van der Waals surface area contributed by atoms with Crippen LogP contribution < -0.4 is 21.7 Å². The Bertz CT molecular complexity index is 1540. The molecular formula is C26H24Cl2F3IN8O2. The number of amides is 2. The third-order valence-corrected chi connectivity index (χ3v) is 6.60. The minimum Gasteiger partial charge on any atom is -0.383 e. The van der Waals surface area contributed by atoms with Gasteiger partial charge in [0.2, 0.25) is 0 Å². The van der Waals surface area contributed by atoms with Crippen LogP contribution in [0.5, 0.6) is 0 Å². The number of pyridine rings is 4. The minimum atomic E-state index is -4.62. The fraction of sp³-hybridized carbons (Fsp3) is 0.154. The average molecular weight is 735 g/mol. The Morgan fingerprint density at radius 3 is 1.98 bits per heavy atom. The van der Waals surface area contributed by atoms with Crippen molar-refractivity contribution in [1.29, 1.82) is 0 Å². The van der Waals surface area contributed by atoms with E-state index in [1.165, 1.54) is 30.9 Å². The molecule has 0 saturated heterocycles. The van der Waals surface area contributed by atoms with E-state index in [-0.39, 0.29) is 33.9 Å². The molecule has 4 aromatic rings. The van der Waals surface area contributed by atoms with Crippen LogP contribution in [0.1, 0.15) is 31.8 Å². The molecule has 0 unspecified atom stereocenters. The summed E-state index contributed by atoms with van der Waals surface area (Å²) in [6.45, 7) is 2.01. The zero-order valence-corrected chi connectivity index (χ0v) is 25.9. The first-order chi connectivity index (χ1) is 19.8. The third kappa shape index (κ3) is 10.3. The first kappa shape index (κ1) is 34.4. The molecule has 16 heteroatoms. The molecule has 4 rings (SSSR count). The molecule has 0 aliphatic rings. The first-order valence-corrected chi connectivity index (χ1v) is 13.5. The number of nitrogens with two attached hydrogens (primary N) is 1. The van der Waals surface area contributed by atoms with Gasteiger partial charge in [-0.05, 0) is 71.5 Å². The van der Waals surface area contributed by atoms with Crippen molar-refractivity contribution in [2.75, 3.05) is 25.1 Å². The van der Waals surface area contributed by atoms with Crippen LogP contribution in [-0.4, -0.2) is 45.8 Å². The topological polar surface area (TPSA) is 148 Å². The van der Waals surface area contributed by atoms with Gasteiger partial charge < -0.3 is 21.7 Å². The fourth-order valence-electron chi connectivity index (χ4n) is 2.93. The van der Waals surface area contributed by atoms with E-state index in [0.717, 1.165) is 9.64 Å². The molecule has 0 atom stereocenters. The maximum absolute atomic E-state index is 13.0. The Morgan fingerprint density at radius 2 is 1.43 bits per heavy atom. The van der Waals surface area contributed by atoms with Crippen molar-refractivity contribution in [3.63, 3.8) is 0 Å². The molecule has 2 amide bonds. The smallest absolute Gasteiger partial charge is 0.383 e. The molecule has 42 heavy (non-hydrogen) atoms. The highest BCUT2D eigenvalue weighted by Gasteiger charge is 2.34. The lowest BCUT2D eigenvalue weighted by Gasteiger charge is -2.15. The van der Waals surface area contributed by atoms with Crippen LogP contribution >= 0.6 is 45.8 Å². The number of carbonyl (C=O) groups excluding carboxylic acids is 2. The summed E-state index contributed by atoms with van der Waals surface area (Å²) in [5, 5.41) is 7.78. The van der Waals surface area contributed by atoms with Gasteiger partial charge in [0.15, 0.2) is 0 Å². The predicted octanol–water partition coefficient (Wildman–Crippen LogP) is 5.92. The van der Waals surface area contributed by atoms with Crippen LogP contribution in [-0.2, 0) is 6.18 Å². The third-order valence-electron chi connectivity index (χ3n) is 5.02. The van der Waals surface area contributed by atoms with E-state index < -0.39 is 17.6 Å². The van der Waals surface area contributed by atoms with Crippen LogP contribution in [0.4, 0.5) is 30.5 Å². The Kier molecular flexibility index (Phi) is 13.1. The van der Waals surface area contributed by atoms with Crippen LogP contribution in [0.2, 0.25) is 10.3 Å². The van der Waals surface area contributed by atoms with Gasteiger partial charge in [-0.15, -0.1) is 0 Å². The number of nitrogen functional groups attached to an aromatic ring is 1. The lowest BCUT2D eigenvalue weighted by Crippen LogP contribution is -2.20. The van der Waals surface area contributed by atoms with Crippen LogP contribution in [0, 0.1) is 10.5 Å². The lowest BCUT2D eigenvalue weighted by molar-refractivity contribution is -0.137. The summed E-state index contributed by atoms with van der Waals surface area (Å²) in [6.07, 6.45) is 0.658. The van der Waals surface area contributed by atoms with E-state index in [2.05, 4.69) is 58.5 Å². The number of rotatable bonds is 4. The van der Waals surface area contributed by atoms with Crippen LogP contribution in [0.3, 0.4) is 0 Å². The van der Waals surface area contributed by atoms with E-state index in [1.807, 2.05) is 13.0 Å². The van der Waals surface area contributed by atoms with Crippen LogP contribution in [0.25, 0.3) is 0 Å². The molecule has 0 spiro atoms. The van der Waals surface area contributed by atoms with Crippen molar-refractivity contribution in [2.24, 2.45) is 0 Å². The fourth-order valence-corrected chi connectivity index (χ4v) is 3.86. The number of aryl methyl sites for hydroxylation is 1. The van der Waals surface area contributed by atoms with Gasteiger partial charge in [-0.1, -0.05) is 23.2 Å². The number of anilines is 3. The normalized spacial score (nSPS) is 10.3. The van der Waals surface area contributed by atoms with E-state index in [0.29, 0.717) is 16.9 Å². The van der Waals surface area contributed by atoms with Gasteiger partial charge in [0.05, 0.1) is 22.4 Å². The van der Waals surface area contributed by atoms with Gasteiger partial charge in [0.25, 0.3) is 11.8 Å². The summed E-state index contributed by atoms with van der Waals surface area (Å²) in [7, 11) is 2.96. The van der Waals surface area contributed by atoms with Crippen molar-refractivity contribution >= 4 is 74.9 Å². The first-order valence-electron chi connectivity index (χ1n) is 11.7. The lowest BCUT2D eigenvalue weighted by atomic mass is 10.2. The Balaban J connectivity index is 0.000000255. The van der Waals surface area contributed by atoms with E-state index in [1.54, 1.807) is 31.6 Å². The maximum Gasteiger partial charge on any atom is 0.419 e. The molecule has 0 bridgehead atoms. The highest BCUT2D eigenvalue weighted by molar-refractivity contribution is 14.1. The molecule has 0 fully saturated rings. The van der Waals surface area contributed by atoms with Gasteiger partial charge in [0, 0.05) is 42.5 Å². The molecule has 0 aliphatic carbocycles. The Hall–Kier alpha value is -3.76. The number of nitrogens with one attached hydrogen (secondary N) is 3. The largest absolute Gasteiger partial charge is 0.419 e. The van der Waals surface area contributed by atoms with Crippen molar-refractivity contribution in [2.45, 2.75) is 13.1 Å². The van der Waals surface area contributed by atoms with Crippen molar-refractivity contribution in [3.8, 4) is 0 Å². The summed E-state index contributed by atoms with van der Waals surface area (Å²) < 4.78 is 40.1. The molecule has 10 nitrogen and oxygen atoms in total. The monoisotopic (exact) mass is 734 g/mol. The molecule has 0 aliphatic heterocycles. The SMILES string of the molecule is CNC(=O)c1cccnc1N.CNC(=O)c1cccnc1Nc1cc(Cl)ncc1C(F)(F)F.Cc1cnc(Cl)cc1I. The molecule has 0 aromatic carbocycles. The van der Waals surface area contributed by atoms with Crippen molar-refractivity contribution in [3.05, 3.63) is 97.3 Å². The van der Waals surface area contributed by atoms with Gasteiger partial charge in [-0.3, -0.25) is 9.59 Å². The standard InChI is InChI=1S/C13H10ClF3N4O.C7H9N3O.C6H5ClIN/c1-18-12(22)7-3-2-4-19-11(7)21-9-5-10(14)20-6-8(9)13(15,16)17;1-9-7(11)5-3-2-4-10-6(5)8;1-4-3-9-6(7)2-5(4)8/h2-6H,1H3,(H,18,22)(H,19,20,21);2-4H,1H3,(H2,8,10)(H,9,11);2-3H,1H3. The van der Waals surface area contributed by atoms with E-state index in [9.17, 15) is 22.8 Å². The number of nitrogens with zero attached hydrogens (tertiary/aromatic N) is 4. The molecule has 5 N–H and O–H groups in total. The van der Waals surface area contributed by atoms with E-state index >= 15 is 0 Å². The van der Waals surface area contributed by atoms with E-state index in [4.69, 9.17) is 28.9 Å². The predicted molar refractivity (Wildman–Crippen MR) is 164 cm³/mol. The number of halogens is 6. The second-order valence-corrected chi connectivity index (χ2v) is 9.86. The second-order valence-electron chi connectivity index (χ2n) is 7.93. The zero-order chi connectivity index (χ0) is 31.4. The Morgan fingerprint density at radius 1 is 0.881 bits per heavy atom. The number of alkyl halides is 3.